The van der Waals surface area contributed by atoms with Gasteiger partial charge in [0.1, 0.15) is 12.2 Å². The lowest BCUT2D eigenvalue weighted by atomic mass is 10.4. The van der Waals surface area contributed by atoms with Gasteiger partial charge in [0.2, 0.25) is 5.91 Å². The molecule has 0 spiro atoms. The fourth-order valence-corrected chi connectivity index (χ4v) is 0.850. The molecule has 1 aromatic rings. The van der Waals surface area contributed by atoms with Crippen LogP contribution in [0.2, 0.25) is 0 Å². The van der Waals surface area contributed by atoms with Gasteiger partial charge in [-0.3, -0.25) is 9.59 Å². The quantitative estimate of drug-likeness (QED) is 0.646. The van der Waals surface area contributed by atoms with Crippen molar-refractivity contribution in [3.8, 4) is 0 Å². The topological polar surface area (TPSA) is 97.1 Å². The maximum atomic E-state index is 10.5. The molecule has 1 aromatic heterocycles. The van der Waals surface area contributed by atoms with Gasteiger partial charge in [0.25, 0.3) is 0 Å². The average molecular weight is 198 g/mol. The number of carboxylic acid groups (broad SMARTS) is 1. The van der Waals surface area contributed by atoms with Crippen LogP contribution in [-0.2, 0) is 22.7 Å². The lowest BCUT2D eigenvalue weighted by Gasteiger charge is -1.95. The molecule has 2 N–H and O–H groups in total. The van der Waals surface area contributed by atoms with Crippen LogP contribution in [0.15, 0.2) is 6.20 Å². The summed E-state index contributed by atoms with van der Waals surface area (Å²) in [5, 5.41) is 18.2. The fourth-order valence-electron chi connectivity index (χ4n) is 0.850. The van der Waals surface area contributed by atoms with E-state index in [9.17, 15) is 9.59 Å². The van der Waals surface area contributed by atoms with Crippen molar-refractivity contribution in [3.05, 3.63) is 11.9 Å². The summed E-state index contributed by atoms with van der Waals surface area (Å²) in [6.45, 7) is 1.42. The molecule has 76 valence electrons. The predicted octanol–water partition coefficient (Wildman–Crippen LogP) is -1.00. The second kappa shape index (κ2) is 4.35. The van der Waals surface area contributed by atoms with E-state index in [1.54, 1.807) is 0 Å². The number of carbonyl (C=O) groups is 2. The van der Waals surface area contributed by atoms with Gasteiger partial charge in [-0.1, -0.05) is 5.21 Å². The van der Waals surface area contributed by atoms with E-state index in [2.05, 4.69) is 15.6 Å². The van der Waals surface area contributed by atoms with Crippen molar-refractivity contribution in [2.45, 2.75) is 20.0 Å². The molecule has 1 amide bonds. The number of nitrogens with one attached hydrogen (secondary N) is 1. The van der Waals surface area contributed by atoms with Crippen LogP contribution in [0, 0.1) is 0 Å². The summed E-state index contributed by atoms with van der Waals surface area (Å²) in [4.78, 5) is 20.8. The lowest BCUT2D eigenvalue weighted by Crippen LogP contribution is -2.19. The monoisotopic (exact) mass is 198 g/mol. The molecule has 0 saturated heterocycles. The number of carbonyl (C=O) groups excluding carboxylic acids is 1. The second-order valence-corrected chi connectivity index (χ2v) is 2.71. The molecule has 0 saturated carbocycles. The van der Waals surface area contributed by atoms with Gasteiger partial charge in [-0.15, -0.1) is 5.10 Å². The van der Waals surface area contributed by atoms with Crippen LogP contribution in [0.5, 0.6) is 0 Å². The zero-order valence-corrected chi connectivity index (χ0v) is 7.60. The highest BCUT2D eigenvalue weighted by atomic mass is 16.4. The number of hydrogen-bond acceptors (Lipinski definition) is 4. The van der Waals surface area contributed by atoms with Crippen LogP contribution < -0.4 is 5.32 Å². The zero-order valence-electron chi connectivity index (χ0n) is 7.60. The molecule has 0 radical (unpaired) electrons. The number of aliphatic carboxylic acids is 1. The Morgan fingerprint density at radius 2 is 2.36 bits per heavy atom. The van der Waals surface area contributed by atoms with Gasteiger partial charge in [-0.25, -0.2) is 4.68 Å². The Kier molecular flexibility index (Phi) is 3.16. The van der Waals surface area contributed by atoms with Gasteiger partial charge in [-0.05, 0) is 0 Å². The summed E-state index contributed by atoms with van der Waals surface area (Å²) < 4.78 is 1.19. The van der Waals surface area contributed by atoms with Crippen molar-refractivity contribution < 1.29 is 14.7 Å². The van der Waals surface area contributed by atoms with Gasteiger partial charge in [0.05, 0.1) is 12.7 Å². The molecular weight excluding hydrogens is 188 g/mol. The van der Waals surface area contributed by atoms with Crippen molar-refractivity contribution in [1.29, 1.82) is 0 Å². The first-order valence-corrected chi connectivity index (χ1v) is 3.93. The van der Waals surface area contributed by atoms with Gasteiger partial charge < -0.3 is 10.4 Å². The van der Waals surface area contributed by atoms with E-state index in [1.807, 2.05) is 0 Å². The van der Waals surface area contributed by atoms with Crippen molar-refractivity contribution in [1.82, 2.24) is 20.3 Å². The summed E-state index contributed by atoms with van der Waals surface area (Å²) in [6.07, 6.45) is 1.48. The molecule has 0 bridgehead atoms. The van der Waals surface area contributed by atoms with Crippen molar-refractivity contribution >= 4 is 11.9 Å². The maximum absolute atomic E-state index is 10.5. The van der Waals surface area contributed by atoms with E-state index in [0.29, 0.717) is 5.69 Å². The molecule has 0 unspecified atom stereocenters. The summed E-state index contributed by atoms with van der Waals surface area (Å²) in [7, 11) is 0. The van der Waals surface area contributed by atoms with E-state index >= 15 is 0 Å². The first-order chi connectivity index (χ1) is 6.58. The highest BCUT2D eigenvalue weighted by Gasteiger charge is 2.03. The van der Waals surface area contributed by atoms with E-state index in [4.69, 9.17) is 5.11 Å². The van der Waals surface area contributed by atoms with Crippen molar-refractivity contribution in [2.75, 3.05) is 0 Å². The number of amides is 1. The highest BCUT2D eigenvalue weighted by molar-refractivity contribution is 5.72. The summed E-state index contributed by atoms with van der Waals surface area (Å²) in [5.74, 6) is -1.15. The fraction of sp³-hybridized carbons (Fsp3) is 0.429. The smallest absolute Gasteiger partial charge is 0.325 e. The molecule has 7 heteroatoms. The first-order valence-electron chi connectivity index (χ1n) is 3.93. The molecular formula is C7H10N4O3. The molecule has 0 aliphatic rings. The summed E-state index contributed by atoms with van der Waals surface area (Å²) in [5.41, 5.74) is 0.529. The SMILES string of the molecule is CC(=O)NCc1cn(CC(=O)O)nn1. The Hall–Kier alpha value is -1.92. The molecule has 0 fully saturated rings. The summed E-state index contributed by atoms with van der Waals surface area (Å²) in [6, 6.07) is 0. The Labute approximate surface area is 79.7 Å². The second-order valence-electron chi connectivity index (χ2n) is 2.71. The Bertz CT molecular complexity index is 346. The highest BCUT2D eigenvalue weighted by Crippen LogP contribution is 1.92. The van der Waals surface area contributed by atoms with E-state index < -0.39 is 5.97 Å². The first kappa shape index (κ1) is 10.2. The van der Waals surface area contributed by atoms with E-state index in [1.165, 1.54) is 17.8 Å². The average Bonchev–Trinajstić information content (AvgIpc) is 2.47. The molecule has 0 aromatic carbocycles. The van der Waals surface area contributed by atoms with Crippen molar-refractivity contribution in [2.24, 2.45) is 0 Å². The minimum absolute atomic E-state index is 0.169. The third-order valence-corrected chi connectivity index (χ3v) is 1.40. The minimum Gasteiger partial charge on any atom is -0.480 e. The molecule has 14 heavy (non-hydrogen) atoms. The van der Waals surface area contributed by atoms with Crippen LogP contribution in [0.25, 0.3) is 0 Å². The zero-order chi connectivity index (χ0) is 10.6. The Balaban J connectivity index is 2.50. The normalized spacial score (nSPS) is 9.79. The standard InChI is InChI=1S/C7H10N4O3/c1-5(12)8-2-6-3-11(10-9-6)4-7(13)14/h3H,2,4H2,1H3,(H,8,12)(H,13,14). The van der Waals surface area contributed by atoms with Crippen LogP contribution in [0.4, 0.5) is 0 Å². The van der Waals surface area contributed by atoms with Crippen LogP contribution >= 0.6 is 0 Å². The Morgan fingerprint density at radius 3 is 2.93 bits per heavy atom. The van der Waals surface area contributed by atoms with Crippen molar-refractivity contribution in [3.63, 3.8) is 0 Å². The van der Waals surface area contributed by atoms with E-state index in [-0.39, 0.29) is 19.0 Å². The van der Waals surface area contributed by atoms with Gasteiger partial charge in [0, 0.05) is 6.92 Å². The molecule has 0 aliphatic heterocycles. The molecule has 1 rings (SSSR count). The molecule has 0 aliphatic carbocycles. The van der Waals surface area contributed by atoms with E-state index in [0.717, 1.165) is 0 Å². The van der Waals surface area contributed by atoms with Crippen LogP contribution in [0.1, 0.15) is 12.6 Å². The lowest BCUT2D eigenvalue weighted by molar-refractivity contribution is -0.137. The van der Waals surface area contributed by atoms with Crippen LogP contribution in [0.3, 0.4) is 0 Å². The third-order valence-electron chi connectivity index (χ3n) is 1.40. The molecule has 1 heterocycles. The van der Waals surface area contributed by atoms with Gasteiger partial charge in [0.15, 0.2) is 0 Å². The summed E-state index contributed by atoms with van der Waals surface area (Å²) >= 11 is 0. The minimum atomic E-state index is -0.985. The number of aromatic nitrogens is 3. The number of nitrogens with zero attached hydrogens (tertiary/aromatic N) is 3. The van der Waals surface area contributed by atoms with Gasteiger partial charge in [-0.2, -0.15) is 0 Å². The Morgan fingerprint density at radius 1 is 1.64 bits per heavy atom. The maximum Gasteiger partial charge on any atom is 0.325 e. The molecule has 7 nitrogen and oxygen atoms in total. The van der Waals surface area contributed by atoms with Gasteiger partial charge >= 0.3 is 5.97 Å². The largest absolute Gasteiger partial charge is 0.480 e. The van der Waals surface area contributed by atoms with Crippen LogP contribution in [-0.4, -0.2) is 32.0 Å². The predicted molar refractivity (Wildman–Crippen MR) is 45.2 cm³/mol. The number of rotatable bonds is 4. The number of carboxylic acids is 1. The molecule has 0 atom stereocenters. The number of hydrogen-bond donors (Lipinski definition) is 2. The third kappa shape index (κ3) is 3.21.